The normalized spacial score (nSPS) is 15.4. The lowest BCUT2D eigenvalue weighted by Gasteiger charge is -2.04. The van der Waals surface area contributed by atoms with Crippen LogP contribution in [0.4, 0.5) is 8.78 Å². The Morgan fingerprint density at radius 3 is 2.33 bits per heavy atom. The second kappa shape index (κ2) is 3.96. The van der Waals surface area contributed by atoms with Crippen LogP contribution in [0.5, 0.6) is 5.75 Å². The molecule has 2 nitrogen and oxygen atoms in total. The molecule has 0 aliphatic heterocycles. The topological polar surface area (TPSA) is 26.3 Å². The minimum absolute atomic E-state index is 0.0809. The Balaban J connectivity index is 2.06. The predicted octanol–water partition coefficient (Wildman–Crippen LogP) is 2.88. The fraction of sp³-hybridized carbons (Fsp3) is 0.364. The third-order valence-electron chi connectivity index (χ3n) is 2.31. The zero-order valence-electron chi connectivity index (χ0n) is 7.95. The number of carbonyl (C=O) groups is 1. The van der Waals surface area contributed by atoms with E-state index < -0.39 is 6.61 Å². The van der Waals surface area contributed by atoms with Crippen molar-refractivity contribution in [1.29, 1.82) is 0 Å². The van der Waals surface area contributed by atoms with Gasteiger partial charge in [-0.2, -0.15) is 8.78 Å². The molecule has 0 unspecified atom stereocenters. The van der Waals surface area contributed by atoms with Gasteiger partial charge in [0.2, 0.25) is 0 Å². The van der Waals surface area contributed by atoms with E-state index in [0.717, 1.165) is 12.8 Å². The number of halogens is 2. The zero-order chi connectivity index (χ0) is 10.8. The summed E-state index contributed by atoms with van der Waals surface area (Å²) in [6.07, 6.45) is 1.88. The summed E-state index contributed by atoms with van der Waals surface area (Å²) in [6, 6.07) is 5.83. The van der Waals surface area contributed by atoms with Gasteiger partial charge in [0, 0.05) is 11.5 Å². The molecule has 80 valence electrons. The Kier molecular flexibility index (Phi) is 2.66. The standard InChI is InChI=1S/C11H10F2O2/c12-11(13)15-9-5-3-8(4-6-9)10(14)7-1-2-7/h3-7,11H,1-2H2. The van der Waals surface area contributed by atoms with Crippen molar-refractivity contribution in [3.8, 4) is 5.75 Å². The summed E-state index contributed by atoms with van der Waals surface area (Å²) >= 11 is 0. The summed E-state index contributed by atoms with van der Waals surface area (Å²) in [5, 5.41) is 0. The van der Waals surface area contributed by atoms with Crippen LogP contribution >= 0.6 is 0 Å². The van der Waals surface area contributed by atoms with Crippen LogP contribution < -0.4 is 4.74 Å². The smallest absolute Gasteiger partial charge is 0.387 e. The van der Waals surface area contributed by atoms with E-state index >= 15 is 0 Å². The van der Waals surface area contributed by atoms with Gasteiger partial charge in [-0.15, -0.1) is 0 Å². The lowest BCUT2D eigenvalue weighted by atomic mass is 10.1. The Hall–Kier alpha value is -1.45. The lowest BCUT2D eigenvalue weighted by Crippen LogP contribution is -2.03. The average molecular weight is 212 g/mol. The number of alkyl halides is 2. The van der Waals surface area contributed by atoms with Crippen LogP contribution in [-0.4, -0.2) is 12.4 Å². The van der Waals surface area contributed by atoms with Crippen molar-refractivity contribution in [2.75, 3.05) is 0 Å². The van der Waals surface area contributed by atoms with Crippen molar-refractivity contribution >= 4 is 5.78 Å². The summed E-state index contributed by atoms with van der Waals surface area (Å²) in [4.78, 5) is 11.6. The Labute approximate surface area is 85.9 Å². The van der Waals surface area contributed by atoms with Crippen LogP contribution in [0.2, 0.25) is 0 Å². The highest BCUT2D eigenvalue weighted by Gasteiger charge is 2.30. The molecule has 0 atom stereocenters. The van der Waals surface area contributed by atoms with E-state index in [1.165, 1.54) is 24.3 Å². The van der Waals surface area contributed by atoms with E-state index in [9.17, 15) is 13.6 Å². The van der Waals surface area contributed by atoms with Crippen molar-refractivity contribution in [2.45, 2.75) is 19.5 Å². The van der Waals surface area contributed by atoms with E-state index in [0.29, 0.717) is 5.56 Å². The van der Waals surface area contributed by atoms with E-state index in [4.69, 9.17) is 0 Å². The fourth-order valence-electron chi connectivity index (χ4n) is 1.38. The van der Waals surface area contributed by atoms with Crippen molar-refractivity contribution < 1.29 is 18.3 Å². The molecule has 0 spiro atoms. The molecule has 1 aromatic rings. The second-order valence-corrected chi connectivity index (χ2v) is 3.54. The molecular weight excluding hydrogens is 202 g/mol. The number of hydrogen-bond donors (Lipinski definition) is 0. The summed E-state index contributed by atoms with van der Waals surface area (Å²) < 4.78 is 27.8. The first-order valence-electron chi connectivity index (χ1n) is 4.76. The molecule has 1 aliphatic carbocycles. The molecule has 0 amide bonds. The summed E-state index contributed by atoms with van der Waals surface area (Å²) in [7, 11) is 0. The number of ether oxygens (including phenoxy) is 1. The van der Waals surface area contributed by atoms with Gasteiger partial charge in [-0.3, -0.25) is 4.79 Å². The Morgan fingerprint density at radius 1 is 1.27 bits per heavy atom. The highest BCUT2D eigenvalue weighted by Crippen LogP contribution is 2.32. The SMILES string of the molecule is O=C(c1ccc(OC(F)F)cc1)C1CC1. The van der Waals surface area contributed by atoms with E-state index in [-0.39, 0.29) is 17.5 Å². The van der Waals surface area contributed by atoms with Crippen molar-refractivity contribution in [3.63, 3.8) is 0 Å². The molecule has 1 aromatic carbocycles. The second-order valence-electron chi connectivity index (χ2n) is 3.54. The Bertz CT molecular complexity index is 355. The van der Waals surface area contributed by atoms with Crippen LogP contribution in [-0.2, 0) is 0 Å². The van der Waals surface area contributed by atoms with Gasteiger partial charge in [-0.25, -0.2) is 0 Å². The molecule has 2 rings (SSSR count). The van der Waals surface area contributed by atoms with Crippen LogP contribution in [0.15, 0.2) is 24.3 Å². The van der Waals surface area contributed by atoms with Gasteiger partial charge in [0.1, 0.15) is 5.75 Å². The zero-order valence-corrected chi connectivity index (χ0v) is 7.95. The third kappa shape index (κ3) is 2.52. The van der Waals surface area contributed by atoms with E-state index in [2.05, 4.69) is 4.74 Å². The molecule has 0 aromatic heterocycles. The minimum atomic E-state index is -2.82. The molecule has 1 aliphatic rings. The highest BCUT2D eigenvalue weighted by atomic mass is 19.3. The first-order valence-corrected chi connectivity index (χ1v) is 4.76. The van der Waals surface area contributed by atoms with Gasteiger partial charge in [-0.05, 0) is 37.1 Å². The van der Waals surface area contributed by atoms with Gasteiger partial charge in [0.25, 0.3) is 0 Å². The van der Waals surface area contributed by atoms with Crippen molar-refractivity contribution in [2.24, 2.45) is 5.92 Å². The number of ketones is 1. The van der Waals surface area contributed by atoms with Crippen LogP contribution in [0, 0.1) is 5.92 Å². The maximum Gasteiger partial charge on any atom is 0.387 e. The van der Waals surface area contributed by atoms with Gasteiger partial charge < -0.3 is 4.74 Å². The largest absolute Gasteiger partial charge is 0.435 e. The number of rotatable bonds is 4. The molecule has 0 radical (unpaired) electrons. The molecule has 1 fully saturated rings. The van der Waals surface area contributed by atoms with E-state index in [1.54, 1.807) is 0 Å². The molecular formula is C11H10F2O2. The number of benzene rings is 1. The average Bonchev–Trinajstić information content (AvgIpc) is 3.00. The third-order valence-corrected chi connectivity index (χ3v) is 2.31. The minimum Gasteiger partial charge on any atom is -0.435 e. The van der Waals surface area contributed by atoms with Crippen LogP contribution in [0.3, 0.4) is 0 Å². The summed E-state index contributed by atoms with van der Waals surface area (Å²) in [5.41, 5.74) is 0.569. The van der Waals surface area contributed by atoms with Gasteiger partial charge in [0.15, 0.2) is 5.78 Å². The molecule has 0 N–H and O–H groups in total. The van der Waals surface area contributed by atoms with Gasteiger partial charge in [0.05, 0.1) is 0 Å². The quantitative estimate of drug-likeness (QED) is 0.717. The molecule has 0 heterocycles. The first-order chi connectivity index (χ1) is 7.16. The molecule has 0 bridgehead atoms. The summed E-state index contributed by atoms with van der Waals surface area (Å²) in [5.74, 6) is 0.322. The maximum absolute atomic E-state index is 11.8. The monoisotopic (exact) mass is 212 g/mol. The molecule has 1 saturated carbocycles. The van der Waals surface area contributed by atoms with Crippen molar-refractivity contribution in [3.05, 3.63) is 29.8 Å². The molecule has 15 heavy (non-hydrogen) atoms. The maximum atomic E-state index is 11.8. The number of carbonyl (C=O) groups excluding carboxylic acids is 1. The first kappa shape index (κ1) is 10.1. The van der Waals surface area contributed by atoms with Gasteiger partial charge in [-0.1, -0.05) is 0 Å². The lowest BCUT2D eigenvalue weighted by molar-refractivity contribution is -0.0498. The predicted molar refractivity (Wildman–Crippen MR) is 50.1 cm³/mol. The van der Waals surface area contributed by atoms with Crippen LogP contribution in [0.25, 0.3) is 0 Å². The number of Topliss-reactive ketones (excluding diaryl/α,β-unsaturated/α-hetero) is 1. The number of hydrogen-bond acceptors (Lipinski definition) is 2. The highest BCUT2D eigenvalue weighted by molar-refractivity contribution is 5.99. The van der Waals surface area contributed by atoms with E-state index in [1.807, 2.05) is 0 Å². The Morgan fingerprint density at radius 2 is 1.87 bits per heavy atom. The molecule has 4 heteroatoms. The summed E-state index contributed by atoms with van der Waals surface area (Å²) in [6.45, 7) is -2.82. The molecule has 0 saturated heterocycles. The van der Waals surface area contributed by atoms with Crippen LogP contribution in [0.1, 0.15) is 23.2 Å². The van der Waals surface area contributed by atoms with Crippen molar-refractivity contribution in [1.82, 2.24) is 0 Å². The van der Waals surface area contributed by atoms with Gasteiger partial charge >= 0.3 is 6.61 Å². The fourth-order valence-corrected chi connectivity index (χ4v) is 1.38.